The number of carbonyl (C=O) groups is 2. The molecule has 0 spiro atoms. The van der Waals surface area contributed by atoms with Crippen LogP contribution in [0, 0.1) is 0 Å². The van der Waals surface area contributed by atoms with Crippen LogP contribution >= 0.6 is 0 Å². The highest BCUT2D eigenvalue weighted by molar-refractivity contribution is 6.14. The Labute approximate surface area is 167 Å². The molecule has 1 aliphatic rings. The number of carbonyl (C=O) groups excluding carboxylic acids is 2. The second-order valence-electron chi connectivity index (χ2n) is 5.91. The van der Waals surface area contributed by atoms with E-state index in [-0.39, 0.29) is 18.1 Å². The van der Waals surface area contributed by atoms with Gasteiger partial charge in [0, 0.05) is 17.7 Å². The average Bonchev–Trinajstić information content (AvgIpc) is 3.05. The normalized spacial score (nSPS) is 13.5. The van der Waals surface area contributed by atoms with Gasteiger partial charge < -0.3 is 28.4 Å². The van der Waals surface area contributed by atoms with Crippen molar-refractivity contribution in [1.29, 1.82) is 0 Å². The summed E-state index contributed by atoms with van der Waals surface area (Å²) < 4.78 is 31.6. The lowest BCUT2D eigenvalue weighted by Crippen LogP contribution is -2.12. The van der Waals surface area contributed by atoms with E-state index in [1.165, 1.54) is 28.4 Å². The minimum Gasteiger partial charge on any atom is -0.497 e. The fourth-order valence-electron chi connectivity index (χ4n) is 2.79. The topological polar surface area (TPSA) is 89.5 Å². The SMILES string of the molecule is COC(=O)COc1ccc2c(c1)OC(=Cc1cc(OC)cc(OC)c1OC)C2=O. The van der Waals surface area contributed by atoms with Crippen molar-refractivity contribution in [3.05, 3.63) is 47.2 Å². The zero-order valence-electron chi connectivity index (χ0n) is 16.4. The maximum absolute atomic E-state index is 12.7. The molecule has 0 N–H and O–H groups in total. The Bertz CT molecular complexity index is 977. The minimum absolute atomic E-state index is 0.110. The molecule has 0 fully saturated rings. The van der Waals surface area contributed by atoms with E-state index < -0.39 is 5.97 Å². The smallest absolute Gasteiger partial charge is 0.343 e. The Morgan fingerprint density at radius 3 is 2.45 bits per heavy atom. The Morgan fingerprint density at radius 2 is 1.79 bits per heavy atom. The Balaban J connectivity index is 1.92. The van der Waals surface area contributed by atoms with Crippen LogP contribution < -0.4 is 23.7 Å². The first-order valence-electron chi connectivity index (χ1n) is 8.58. The van der Waals surface area contributed by atoms with Crippen molar-refractivity contribution in [2.75, 3.05) is 35.0 Å². The molecular formula is C21H20O8. The van der Waals surface area contributed by atoms with Crippen molar-refractivity contribution in [2.24, 2.45) is 0 Å². The summed E-state index contributed by atoms with van der Waals surface area (Å²) in [6, 6.07) is 8.09. The summed E-state index contributed by atoms with van der Waals surface area (Å²) in [4.78, 5) is 23.9. The Kier molecular flexibility index (Phi) is 5.92. The molecule has 0 saturated carbocycles. The molecule has 1 heterocycles. The summed E-state index contributed by atoms with van der Waals surface area (Å²) in [6.45, 7) is -0.243. The first-order valence-corrected chi connectivity index (χ1v) is 8.58. The molecule has 3 rings (SSSR count). The van der Waals surface area contributed by atoms with Crippen molar-refractivity contribution in [3.8, 4) is 28.7 Å². The van der Waals surface area contributed by atoms with Crippen LogP contribution in [0.3, 0.4) is 0 Å². The van der Waals surface area contributed by atoms with Crippen LogP contribution in [0.2, 0.25) is 0 Å². The molecule has 8 nitrogen and oxygen atoms in total. The number of hydrogen-bond acceptors (Lipinski definition) is 8. The van der Waals surface area contributed by atoms with Gasteiger partial charge in [-0.05, 0) is 24.3 Å². The standard InChI is InChI=1S/C21H20O8/c1-24-14-7-12(21(27-4)18(10-14)25-2)8-17-20(23)15-6-5-13(9-16(15)29-17)28-11-19(22)26-3/h5-10H,11H2,1-4H3. The van der Waals surface area contributed by atoms with Gasteiger partial charge in [0.05, 0.1) is 34.0 Å². The maximum atomic E-state index is 12.7. The van der Waals surface area contributed by atoms with Crippen LogP contribution in [0.15, 0.2) is 36.1 Å². The number of Topliss-reactive ketones (excluding diaryl/α,β-unsaturated/α-hetero) is 1. The molecule has 0 amide bonds. The number of allylic oxidation sites excluding steroid dienone is 1. The molecule has 8 heteroatoms. The fraction of sp³-hybridized carbons (Fsp3) is 0.238. The summed E-state index contributed by atoms with van der Waals surface area (Å²) in [5.41, 5.74) is 0.942. The molecule has 0 bridgehead atoms. The molecular weight excluding hydrogens is 380 g/mol. The van der Waals surface area contributed by atoms with E-state index in [0.717, 1.165) is 0 Å². The van der Waals surface area contributed by atoms with Crippen LogP contribution in [0.4, 0.5) is 0 Å². The van der Waals surface area contributed by atoms with E-state index >= 15 is 0 Å². The highest BCUT2D eigenvalue weighted by atomic mass is 16.6. The van der Waals surface area contributed by atoms with Gasteiger partial charge >= 0.3 is 5.97 Å². The monoisotopic (exact) mass is 400 g/mol. The number of benzene rings is 2. The van der Waals surface area contributed by atoms with Crippen LogP contribution in [0.5, 0.6) is 28.7 Å². The van der Waals surface area contributed by atoms with E-state index in [4.69, 9.17) is 23.7 Å². The van der Waals surface area contributed by atoms with Crippen molar-refractivity contribution in [2.45, 2.75) is 0 Å². The number of methoxy groups -OCH3 is 4. The van der Waals surface area contributed by atoms with E-state index in [1.807, 2.05) is 0 Å². The van der Waals surface area contributed by atoms with Gasteiger partial charge in [0.15, 0.2) is 23.9 Å². The minimum atomic E-state index is -0.512. The Morgan fingerprint density at radius 1 is 1.00 bits per heavy atom. The second kappa shape index (κ2) is 8.55. The van der Waals surface area contributed by atoms with Gasteiger partial charge in [-0.25, -0.2) is 4.79 Å². The second-order valence-corrected chi connectivity index (χ2v) is 5.91. The maximum Gasteiger partial charge on any atom is 0.343 e. The van der Waals surface area contributed by atoms with Crippen LogP contribution in [-0.4, -0.2) is 46.8 Å². The molecule has 1 aliphatic heterocycles. The molecule has 152 valence electrons. The third-order valence-electron chi connectivity index (χ3n) is 4.23. The van der Waals surface area contributed by atoms with Crippen LogP contribution in [0.1, 0.15) is 15.9 Å². The molecule has 29 heavy (non-hydrogen) atoms. The quantitative estimate of drug-likeness (QED) is 0.518. The summed E-state index contributed by atoms with van der Waals surface area (Å²) >= 11 is 0. The van der Waals surface area contributed by atoms with Gasteiger partial charge in [-0.1, -0.05) is 0 Å². The van der Waals surface area contributed by atoms with Crippen molar-refractivity contribution in [3.63, 3.8) is 0 Å². The Hall–Kier alpha value is -3.68. The molecule has 0 aromatic heterocycles. The van der Waals surface area contributed by atoms with Crippen molar-refractivity contribution in [1.82, 2.24) is 0 Å². The summed E-state index contributed by atoms with van der Waals surface area (Å²) in [5.74, 6) is 1.46. The molecule has 2 aromatic carbocycles. The zero-order valence-corrected chi connectivity index (χ0v) is 16.4. The van der Waals surface area contributed by atoms with E-state index in [2.05, 4.69) is 4.74 Å². The third kappa shape index (κ3) is 4.11. The van der Waals surface area contributed by atoms with E-state index in [1.54, 1.807) is 36.4 Å². The summed E-state index contributed by atoms with van der Waals surface area (Å²) in [6.07, 6.45) is 1.56. The molecule has 2 aromatic rings. The number of esters is 1. The van der Waals surface area contributed by atoms with Gasteiger partial charge in [-0.3, -0.25) is 4.79 Å². The molecule has 0 radical (unpaired) electrons. The van der Waals surface area contributed by atoms with Crippen molar-refractivity contribution >= 4 is 17.8 Å². The lowest BCUT2D eigenvalue weighted by atomic mass is 10.1. The first kappa shape index (κ1) is 20.1. The number of rotatable bonds is 7. The van der Waals surface area contributed by atoms with Gasteiger partial charge in [0.2, 0.25) is 5.78 Å². The molecule has 0 saturated heterocycles. The van der Waals surface area contributed by atoms with E-state index in [0.29, 0.717) is 39.9 Å². The lowest BCUT2D eigenvalue weighted by molar-refractivity contribution is -0.142. The zero-order chi connectivity index (χ0) is 21.0. The van der Waals surface area contributed by atoms with Gasteiger partial charge in [0.25, 0.3) is 0 Å². The van der Waals surface area contributed by atoms with Gasteiger partial charge in [-0.2, -0.15) is 0 Å². The number of ketones is 1. The average molecular weight is 400 g/mol. The van der Waals surface area contributed by atoms with Gasteiger partial charge in [-0.15, -0.1) is 0 Å². The predicted molar refractivity (Wildman–Crippen MR) is 103 cm³/mol. The molecule has 0 unspecified atom stereocenters. The third-order valence-corrected chi connectivity index (χ3v) is 4.23. The highest BCUT2D eigenvalue weighted by Gasteiger charge is 2.28. The molecule has 0 atom stereocenters. The largest absolute Gasteiger partial charge is 0.497 e. The van der Waals surface area contributed by atoms with Crippen LogP contribution in [0.25, 0.3) is 6.08 Å². The summed E-state index contributed by atoms with van der Waals surface area (Å²) in [7, 11) is 5.82. The fourth-order valence-corrected chi connectivity index (χ4v) is 2.79. The number of fused-ring (bicyclic) bond motifs is 1. The van der Waals surface area contributed by atoms with Crippen LogP contribution in [-0.2, 0) is 9.53 Å². The van der Waals surface area contributed by atoms with Gasteiger partial charge in [0.1, 0.15) is 17.2 Å². The molecule has 0 aliphatic carbocycles. The number of ether oxygens (including phenoxy) is 6. The number of hydrogen-bond donors (Lipinski definition) is 0. The lowest BCUT2D eigenvalue weighted by Gasteiger charge is -2.13. The highest BCUT2D eigenvalue weighted by Crippen LogP contribution is 2.39. The predicted octanol–water partition coefficient (Wildman–Crippen LogP) is 2.88. The summed E-state index contributed by atoms with van der Waals surface area (Å²) in [5, 5.41) is 0. The first-order chi connectivity index (χ1) is 14.0. The van der Waals surface area contributed by atoms with E-state index in [9.17, 15) is 9.59 Å². The van der Waals surface area contributed by atoms with Crippen molar-refractivity contribution < 1.29 is 38.0 Å².